The van der Waals surface area contributed by atoms with Crippen LogP contribution in [0.2, 0.25) is 0 Å². The van der Waals surface area contributed by atoms with Crippen LogP contribution in [-0.4, -0.2) is 27.2 Å². The lowest BCUT2D eigenvalue weighted by Gasteiger charge is -2.24. The molecule has 3 aromatic carbocycles. The number of nitrogens with one attached hydrogen (secondary N) is 1. The second kappa shape index (κ2) is 9.32. The summed E-state index contributed by atoms with van der Waals surface area (Å²) in [6.07, 6.45) is 0. The van der Waals surface area contributed by atoms with Crippen molar-refractivity contribution in [1.82, 2.24) is 5.48 Å². The molecule has 7 heteroatoms. The highest BCUT2D eigenvalue weighted by molar-refractivity contribution is 6.08. The highest BCUT2D eigenvalue weighted by atomic mass is 16.5. The molecule has 3 rings (SSSR count). The van der Waals surface area contributed by atoms with Gasteiger partial charge in [0.2, 0.25) is 0 Å². The van der Waals surface area contributed by atoms with Crippen LogP contribution >= 0.6 is 0 Å². The van der Waals surface area contributed by atoms with Crippen LogP contribution in [0.15, 0.2) is 66.7 Å². The fourth-order valence-corrected chi connectivity index (χ4v) is 3.27. The fourth-order valence-electron chi connectivity index (χ4n) is 3.27. The Morgan fingerprint density at radius 2 is 1.58 bits per heavy atom. The van der Waals surface area contributed by atoms with Crippen molar-refractivity contribution >= 4 is 17.5 Å². The Hall–Kier alpha value is -3.84. The van der Waals surface area contributed by atoms with Gasteiger partial charge in [-0.25, -0.2) is 5.48 Å². The van der Waals surface area contributed by atoms with Crippen LogP contribution in [-0.2, 0) is 6.54 Å². The standard InChI is InChI=1S/C24H24N2O5/c1-15(2)19-12-20(22(28)13-21(19)27)24(30)26(18-6-4-3-5-7-18)14-16-8-10-17(11-9-16)23(29)25-31/h3-13,15,27-28,31H,14H2,1-2H3,(H,25,29). The molecule has 0 radical (unpaired) electrons. The molecule has 0 aliphatic carbocycles. The first-order chi connectivity index (χ1) is 14.8. The van der Waals surface area contributed by atoms with Gasteiger partial charge in [0.1, 0.15) is 11.5 Å². The van der Waals surface area contributed by atoms with Gasteiger partial charge in [0.25, 0.3) is 11.8 Å². The zero-order chi connectivity index (χ0) is 22.5. The number of amides is 2. The molecule has 31 heavy (non-hydrogen) atoms. The molecule has 2 amide bonds. The lowest BCUT2D eigenvalue weighted by atomic mass is 9.98. The Kier molecular flexibility index (Phi) is 6.57. The van der Waals surface area contributed by atoms with Crippen LogP contribution in [0.3, 0.4) is 0 Å². The summed E-state index contributed by atoms with van der Waals surface area (Å²) in [7, 11) is 0. The second-order valence-electron chi connectivity index (χ2n) is 7.45. The molecule has 0 spiro atoms. The van der Waals surface area contributed by atoms with E-state index in [9.17, 15) is 19.8 Å². The van der Waals surface area contributed by atoms with Crippen molar-refractivity contribution in [1.29, 1.82) is 0 Å². The van der Waals surface area contributed by atoms with Gasteiger partial charge in [-0.1, -0.05) is 44.2 Å². The topological polar surface area (TPSA) is 110 Å². The molecule has 0 atom stereocenters. The predicted molar refractivity (Wildman–Crippen MR) is 117 cm³/mol. The number of anilines is 1. The van der Waals surface area contributed by atoms with E-state index in [0.717, 1.165) is 5.56 Å². The molecule has 0 saturated carbocycles. The zero-order valence-electron chi connectivity index (χ0n) is 17.2. The minimum absolute atomic E-state index is 0.0393. The molecular formula is C24H24N2O5. The van der Waals surface area contributed by atoms with E-state index in [1.54, 1.807) is 54.0 Å². The van der Waals surface area contributed by atoms with E-state index in [2.05, 4.69) is 0 Å². The third-order valence-corrected chi connectivity index (χ3v) is 4.97. The Morgan fingerprint density at radius 3 is 2.16 bits per heavy atom. The van der Waals surface area contributed by atoms with Gasteiger partial charge in [0, 0.05) is 17.3 Å². The number of hydrogen-bond acceptors (Lipinski definition) is 5. The number of phenols is 2. The summed E-state index contributed by atoms with van der Waals surface area (Å²) in [5, 5.41) is 29.3. The van der Waals surface area contributed by atoms with Crippen molar-refractivity contribution in [2.24, 2.45) is 0 Å². The Morgan fingerprint density at radius 1 is 0.935 bits per heavy atom. The van der Waals surface area contributed by atoms with E-state index in [-0.39, 0.29) is 35.1 Å². The molecule has 7 nitrogen and oxygen atoms in total. The number of carbonyl (C=O) groups is 2. The third-order valence-electron chi connectivity index (χ3n) is 4.97. The van der Waals surface area contributed by atoms with E-state index in [0.29, 0.717) is 11.3 Å². The normalized spacial score (nSPS) is 10.7. The highest BCUT2D eigenvalue weighted by Crippen LogP contribution is 2.34. The number of rotatable bonds is 6. The lowest BCUT2D eigenvalue weighted by Crippen LogP contribution is -2.30. The number of hydroxylamine groups is 1. The van der Waals surface area contributed by atoms with Gasteiger partial charge in [-0.05, 0) is 47.4 Å². The van der Waals surface area contributed by atoms with E-state index >= 15 is 0 Å². The molecule has 0 saturated heterocycles. The minimum atomic E-state index is -0.627. The van der Waals surface area contributed by atoms with Crippen molar-refractivity contribution < 1.29 is 25.0 Å². The van der Waals surface area contributed by atoms with Crippen molar-refractivity contribution in [2.75, 3.05) is 4.90 Å². The average molecular weight is 420 g/mol. The van der Waals surface area contributed by atoms with Crippen molar-refractivity contribution in [3.63, 3.8) is 0 Å². The maximum atomic E-state index is 13.5. The number of aromatic hydroxyl groups is 2. The molecule has 0 heterocycles. The largest absolute Gasteiger partial charge is 0.508 e. The number of nitrogens with zero attached hydrogens (tertiary/aromatic N) is 1. The smallest absolute Gasteiger partial charge is 0.274 e. The van der Waals surface area contributed by atoms with Crippen molar-refractivity contribution in [3.8, 4) is 11.5 Å². The summed E-state index contributed by atoms with van der Waals surface area (Å²) < 4.78 is 0. The van der Waals surface area contributed by atoms with Gasteiger partial charge in [0.05, 0.1) is 12.1 Å². The van der Waals surface area contributed by atoms with Gasteiger partial charge in [-0.15, -0.1) is 0 Å². The lowest BCUT2D eigenvalue weighted by molar-refractivity contribution is 0.0706. The first-order valence-corrected chi connectivity index (χ1v) is 9.78. The zero-order valence-corrected chi connectivity index (χ0v) is 17.2. The molecule has 0 fully saturated rings. The number of para-hydroxylation sites is 1. The van der Waals surface area contributed by atoms with Crippen molar-refractivity contribution in [2.45, 2.75) is 26.3 Å². The monoisotopic (exact) mass is 420 g/mol. The first kappa shape index (κ1) is 21.9. The quantitative estimate of drug-likeness (QED) is 0.353. The SMILES string of the molecule is CC(C)c1cc(C(=O)N(Cc2ccc(C(=O)NO)cc2)c2ccccc2)c(O)cc1O. The van der Waals surface area contributed by atoms with E-state index in [1.807, 2.05) is 19.9 Å². The van der Waals surface area contributed by atoms with Crippen LogP contribution in [0.1, 0.15) is 51.6 Å². The third kappa shape index (κ3) is 4.84. The van der Waals surface area contributed by atoms with Gasteiger partial charge in [0.15, 0.2) is 0 Å². The highest BCUT2D eigenvalue weighted by Gasteiger charge is 2.23. The summed E-state index contributed by atoms with van der Waals surface area (Å²) in [6.45, 7) is 3.96. The van der Waals surface area contributed by atoms with Crippen LogP contribution in [0.4, 0.5) is 5.69 Å². The molecule has 4 N–H and O–H groups in total. The summed E-state index contributed by atoms with van der Waals surface area (Å²) in [5.41, 5.74) is 3.88. The summed E-state index contributed by atoms with van der Waals surface area (Å²) in [5.74, 6) is -1.46. The number of benzene rings is 3. The second-order valence-corrected chi connectivity index (χ2v) is 7.45. The van der Waals surface area contributed by atoms with Gasteiger partial charge < -0.3 is 15.1 Å². The van der Waals surface area contributed by atoms with Gasteiger partial charge in [-0.3, -0.25) is 14.8 Å². The van der Waals surface area contributed by atoms with Crippen LogP contribution in [0.5, 0.6) is 11.5 Å². The maximum absolute atomic E-state index is 13.5. The molecule has 0 aromatic heterocycles. The van der Waals surface area contributed by atoms with Gasteiger partial charge in [-0.2, -0.15) is 0 Å². The molecule has 3 aromatic rings. The summed E-state index contributed by atoms with van der Waals surface area (Å²) >= 11 is 0. The van der Waals surface area contributed by atoms with Gasteiger partial charge >= 0.3 is 0 Å². The molecule has 0 unspecified atom stereocenters. The molecule has 0 bridgehead atoms. The predicted octanol–water partition coefficient (Wildman–Crippen LogP) is 4.19. The Bertz CT molecular complexity index is 1080. The molecule has 0 aliphatic heterocycles. The minimum Gasteiger partial charge on any atom is -0.508 e. The first-order valence-electron chi connectivity index (χ1n) is 9.78. The van der Waals surface area contributed by atoms with E-state index in [1.165, 1.54) is 17.0 Å². The fraction of sp³-hybridized carbons (Fsp3) is 0.167. The maximum Gasteiger partial charge on any atom is 0.274 e. The number of hydrogen-bond donors (Lipinski definition) is 4. The van der Waals surface area contributed by atoms with Crippen LogP contribution in [0, 0.1) is 0 Å². The molecule has 0 aliphatic rings. The molecule has 160 valence electrons. The van der Waals surface area contributed by atoms with E-state index in [4.69, 9.17) is 5.21 Å². The Labute approximate surface area is 180 Å². The van der Waals surface area contributed by atoms with Crippen LogP contribution < -0.4 is 10.4 Å². The van der Waals surface area contributed by atoms with Crippen molar-refractivity contribution in [3.05, 3.63) is 89.0 Å². The van der Waals surface area contributed by atoms with E-state index < -0.39 is 11.8 Å². The van der Waals surface area contributed by atoms with Crippen LogP contribution in [0.25, 0.3) is 0 Å². The summed E-state index contributed by atoms with van der Waals surface area (Å²) in [4.78, 5) is 26.5. The number of carbonyl (C=O) groups excluding carboxylic acids is 2. The Balaban J connectivity index is 2.00. The average Bonchev–Trinajstić information content (AvgIpc) is 2.77. The number of phenolic OH excluding ortho intramolecular Hbond substituents is 2. The summed E-state index contributed by atoms with van der Waals surface area (Å²) in [6, 6.07) is 18.2. The molecular weight excluding hydrogens is 396 g/mol.